The molecule has 678 valence electrons. The van der Waals surface area contributed by atoms with E-state index in [1.165, 1.54) is 36.5 Å². The van der Waals surface area contributed by atoms with E-state index >= 15 is 0 Å². The SMILES string of the molecule is N=C(N)NCCC[C@@H]1NC(=O)C(CCCCNC(=O)CCC(NC(=O)[C@H](Cc2ccccc2)NC(=O)c2ccc(NN=Cc3ccccc3S(O)(O)O)nc2)C(=O)NCCCC[C@@H]2NC(=O)[C@@H](Cc3ccccc3)NC(=O)[C@H](CC(=O)O)NC(=O)CNC(=O)[C@H](CCCNC(=N)N)NC2=O)NC(=O)[C@@H](Cc2ccccc2)NC(=O)[C@H](CC(=O)O)NC(=O)CNC1=O. The van der Waals surface area contributed by atoms with Gasteiger partial charge in [0, 0.05) is 63.6 Å². The number of carboxylic acids is 2. The zero-order chi connectivity index (χ0) is 91.7. The number of pyridine rings is 1. The van der Waals surface area contributed by atoms with Crippen molar-refractivity contribution < 1.29 is 101 Å². The van der Waals surface area contributed by atoms with Gasteiger partial charge in [-0.25, -0.2) is 4.98 Å². The van der Waals surface area contributed by atoms with E-state index in [1.807, 2.05) is 0 Å². The summed E-state index contributed by atoms with van der Waals surface area (Å²) in [7, 11) is -4.12. The fourth-order valence-corrected chi connectivity index (χ4v) is 13.7. The highest BCUT2D eigenvalue weighted by Gasteiger charge is 2.37. The minimum Gasteiger partial charge on any atom is -0.481 e. The van der Waals surface area contributed by atoms with Gasteiger partial charge in [-0.2, -0.15) is 5.10 Å². The Morgan fingerprint density at radius 1 is 0.460 bits per heavy atom. The van der Waals surface area contributed by atoms with Crippen molar-refractivity contribution >= 4 is 129 Å². The lowest BCUT2D eigenvalue weighted by atomic mass is 10.0. The average molecular weight is 1770 g/mol. The van der Waals surface area contributed by atoms with Gasteiger partial charge in [0.2, 0.25) is 76.8 Å². The van der Waals surface area contributed by atoms with Crippen molar-refractivity contribution in [2.45, 2.75) is 174 Å². The van der Waals surface area contributed by atoms with Crippen LogP contribution in [0.2, 0.25) is 0 Å². The zero-order valence-corrected chi connectivity index (χ0v) is 69.4. The zero-order valence-electron chi connectivity index (χ0n) is 68.5. The highest BCUT2D eigenvalue weighted by molar-refractivity contribution is 8.19. The molecular formula is C81H107N23O21S. The number of unbranched alkanes of at least 4 members (excludes halogenated alkanes) is 2. The van der Waals surface area contributed by atoms with Crippen LogP contribution in [0.1, 0.15) is 123 Å². The van der Waals surface area contributed by atoms with Gasteiger partial charge in [0.15, 0.2) is 11.9 Å². The molecule has 45 heteroatoms. The molecule has 10 atom stereocenters. The quantitative estimate of drug-likeness (QED) is 0.00827. The van der Waals surface area contributed by atoms with E-state index in [9.17, 15) is 101 Å². The molecule has 2 unspecified atom stereocenters. The van der Waals surface area contributed by atoms with Gasteiger partial charge >= 0.3 is 11.9 Å². The fourth-order valence-electron chi connectivity index (χ4n) is 13.0. The molecule has 14 amide bonds. The van der Waals surface area contributed by atoms with Gasteiger partial charge in [-0.3, -0.25) is 93.0 Å². The van der Waals surface area contributed by atoms with Crippen molar-refractivity contribution in [1.82, 2.24) is 90.1 Å². The molecule has 2 saturated heterocycles. The van der Waals surface area contributed by atoms with Crippen molar-refractivity contribution in [3.05, 3.63) is 161 Å². The molecule has 126 heavy (non-hydrogen) atoms. The smallest absolute Gasteiger partial charge is 0.305 e. The largest absolute Gasteiger partial charge is 0.481 e. The number of nitrogens with two attached hydrogens (primary N) is 2. The third-order valence-electron chi connectivity index (χ3n) is 19.5. The number of aliphatic carboxylic acids is 2. The first-order chi connectivity index (χ1) is 60.2. The van der Waals surface area contributed by atoms with Crippen LogP contribution in [0.25, 0.3) is 0 Å². The van der Waals surface area contributed by atoms with Crippen LogP contribution >= 0.6 is 10.9 Å². The molecule has 0 spiro atoms. The Hall–Kier alpha value is -14.2. The van der Waals surface area contributed by atoms with Crippen LogP contribution < -0.4 is 102 Å². The Morgan fingerprint density at radius 2 is 0.873 bits per heavy atom. The van der Waals surface area contributed by atoms with Crippen molar-refractivity contribution in [2.75, 3.05) is 44.7 Å². The van der Waals surface area contributed by atoms with Gasteiger partial charge in [0.05, 0.1) is 42.6 Å². The van der Waals surface area contributed by atoms with Crippen LogP contribution in [-0.4, -0.2) is 241 Å². The first-order valence-electron chi connectivity index (χ1n) is 40.4. The number of rotatable bonds is 40. The van der Waals surface area contributed by atoms with Crippen LogP contribution in [0.5, 0.6) is 0 Å². The molecule has 1 aromatic heterocycles. The second-order valence-electron chi connectivity index (χ2n) is 29.4. The maximum Gasteiger partial charge on any atom is 0.305 e. The average Bonchev–Trinajstić information content (AvgIpc) is 0.988. The Balaban J connectivity index is 1.12. The lowest BCUT2D eigenvalue weighted by Gasteiger charge is -2.26. The Morgan fingerprint density at radius 3 is 1.33 bits per heavy atom. The predicted molar refractivity (Wildman–Crippen MR) is 456 cm³/mol. The number of benzene rings is 4. The number of nitrogens with one attached hydrogen (secondary N) is 19. The molecule has 2 aliphatic heterocycles. The number of hydrogen-bond donors (Lipinski definition) is 26. The summed E-state index contributed by atoms with van der Waals surface area (Å²) < 4.78 is 29.7. The molecule has 0 saturated carbocycles. The number of aromatic nitrogens is 1. The molecule has 3 heterocycles. The summed E-state index contributed by atoms with van der Waals surface area (Å²) in [5, 5.41) is 79.6. The maximum absolute atomic E-state index is 14.9. The lowest BCUT2D eigenvalue weighted by molar-refractivity contribution is -0.141. The minimum atomic E-state index is -4.12. The molecule has 44 nitrogen and oxygen atoms in total. The predicted octanol–water partition coefficient (Wildman–Crippen LogP) is -2.61. The first-order valence-corrected chi connectivity index (χ1v) is 41.9. The summed E-state index contributed by atoms with van der Waals surface area (Å²) in [6.45, 7) is -1.74. The van der Waals surface area contributed by atoms with E-state index in [2.05, 4.69) is 101 Å². The number of hydrogen-bond acceptors (Lipinski definition) is 24. The normalized spacial score (nSPS) is 19.5. The van der Waals surface area contributed by atoms with Crippen LogP contribution in [0.15, 0.2) is 144 Å². The molecular weight excluding hydrogens is 1660 g/mol. The Kier molecular flexibility index (Phi) is 40.0. The third kappa shape index (κ3) is 35.3. The molecule has 2 fully saturated rings. The molecule has 5 aromatic rings. The second-order valence-corrected chi connectivity index (χ2v) is 30.9. The van der Waals surface area contributed by atoms with E-state index in [0.717, 1.165) is 6.20 Å². The van der Waals surface area contributed by atoms with E-state index in [1.54, 1.807) is 97.1 Å². The van der Waals surface area contributed by atoms with Crippen molar-refractivity contribution in [3.63, 3.8) is 0 Å². The van der Waals surface area contributed by atoms with Gasteiger partial charge in [-0.1, -0.05) is 109 Å². The number of nitrogens with zero attached hydrogens (tertiary/aromatic N) is 2. The molecule has 28 N–H and O–H groups in total. The lowest BCUT2D eigenvalue weighted by Crippen LogP contribution is -2.58. The van der Waals surface area contributed by atoms with Crippen molar-refractivity contribution in [3.8, 4) is 0 Å². The van der Waals surface area contributed by atoms with Gasteiger partial charge in [0.1, 0.15) is 77.1 Å². The number of carbonyl (C=O) groups is 16. The van der Waals surface area contributed by atoms with Gasteiger partial charge in [-0.15, -0.1) is 0 Å². The van der Waals surface area contributed by atoms with Crippen molar-refractivity contribution in [2.24, 2.45) is 16.6 Å². The number of anilines is 1. The Bertz CT molecular complexity index is 4670. The van der Waals surface area contributed by atoms with Gasteiger partial charge in [0.25, 0.3) is 5.91 Å². The number of carboxylic acid groups (broad SMARTS) is 2. The number of hydrazone groups is 1. The van der Waals surface area contributed by atoms with Gasteiger partial charge in [-0.05, 0) is 106 Å². The van der Waals surface area contributed by atoms with Crippen LogP contribution in [-0.2, 0) is 91.2 Å². The minimum absolute atomic E-state index is 0.00748. The van der Waals surface area contributed by atoms with Crippen LogP contribution in [0.4, 0.5) is 5.82 Å². The molecule has 2 aliphatic rings. The summed E-state index contributed by atoms with van der Waals surface area (Å²) in [5.41, 5.74) is 15.3. The molecule has 0 bridgehead atoms. The summed E-state index contributed by atoms with van der Waals surface area (Å²) in [6, 6.07) is 18.3. The van der Waals surface area contributed by atoms with Crippen molar-refractivity contribution in [1.29, 1.82) is 10.8 Å². The van der Waals surface area contributed by atoms with Gasteiger partial charge < -0.3 is 120 Å². The molecule has 7 rings (SSSR count). The van der Waals surface area contributed by atoms with Crippen LogP contribution in [0, 0.1) is 10.8 Å². The highest BCUT2D eigenvalue weighted by Crippen LogP contribution is 2.45. The standard InChI is InChI=1S/C81H107N23O21S/c82-80(83)88-36-16-27-52-71(114)91-45-65(106)94-60(41-67(108)109)78(121)102-58(39-48-20-6-2-7-21-48)76(119)98-54(73(116)96-52)25-12-14-34-86-64(105)33-31-56(100-75(118)57(38-47-18-4-1-5-19-47)101-69(112)51-30-32-63(90-43-51)104-93-44-50-24-10-11-29-62(50)126(123,124)125)70(113)87-35-15-13-26-55-74(117)97-53(28-17-37-89-81(84)85)72(115)92-46-66(107)95-61(42-68(110)111)79(122)103-59(77(120)99-55)40-49-22-8-3-9-23-49/h1-11,18-24,29-30,32,43-44,52-61,123-125H,12-17,25-28,31,33-42,45-46H2,(H,86,105)(H,87,113)(H,90,104)(H,91,114)(H,92,115)(H,94,106)(H,95,107)(H,96,116)(H,97,117)(H,98,119)(H,99,120)(H,100,118)(H,101,112)(H,102,121)(H,103,122)(H,108,109)(H,110,111)(H4,82,83,88)(H4,84,85,89)/t52-,53-,54?,55-,56?,57-,58+,59+,60-,61-/m0/s1. The molecule has 0 radical (unpaired) electrons. The topological polar surface area (TPSA) is 704 Å². The summed E-state index contributed by atoms with van der Waals surface area (Å²) >= 11 is 0. The number of carbonyl (C=O) groups excluding carboxylic acids is 14. The third-order valence-corrected chi connectivity index (χ3v) is 20.5. The second kappa shape index (κ2) is 51.0. The van der Waals surface area contributed by atoms with E-state index in [4.69, 9.17) is 22.3 Å². The Labute approximate surface area is 724 Å². The summed E-state index contributed by atoms with van der Waals surface area (Å²) in [5.74, 6) is -16.5. The summed E-state index contributed by atoms with van der Waals surface area (Å²) in [4.78, 5) is 225. The number of amides is 14. The number of guanidine groups is 2. The molecule has 0 aliphatic carbocycles. The summed E-state index contributed by atoms with van der Waals surface area (Å²) in [6.07, 6.45) is -1.11. The fraction of sp³-hybridized carbons (Fsp3) is 0.407. The monoisotopic (exact) mass is 1770 g/mol. The van der Waals surface area contributed by atoms with E-state index in [-0.39, 0.29) is 137 Å². The van der Waals surface area contributed by atoms with Crippen LogP contribution in [0.3, 0.4) is 0 Å². The maximum atomic E-state index is 14.9. The van der Waals surface area contributed by atoms with E-state index in [0.29, 0.717) is 16.7 Å². The van der Waals surface area contributed by atoms with E-state index < -0.39 is 211 Å². The molecule has 4 aromatic carbocycles. The highest BCUT2D eigenvalue weighted by atomic mass is 32.3. The first kappa shape index (κ1) is 98.9.